The number of rotatable bonds is 5. The van der Waals surface area contributed by atoms with Crippen LogP contribution in [0.4, 0.5) is 0 Å². The summed E-state index contributed by atoms with van der Waals surface area (Å²) in [6.07, 6.45) is 0. The van der Waals surface area contributed by atoms with Gasteiger partial charge in [0.2, 0.25) is 0 Å². The molecule has 0 rings (SSSR count). The van der Waals surface area contributed by atoms with Crippen LogP contribution in [0.5, 0.6) is 0 Å². The zero-order valence-corrected chi connectivity index (χ0v) is 7.33. The highest BCUT2D eigenvalue weighted by Crippen LogP contribution is 2.11. The third kappa shape index (κ3) is 3.67. The number of hydrogen-bond donors (Lipinski definition) is 2. The molecule has 2 atom stereocenters. The summed E-state index contributed by atoms with van der Waals surface area (Å²) in [5, 5.41) is 9.49. The van der Waals surface area contributed by atoms with Crippen LogP contribution in [-0.4, -0.2) is 38.3 Å². The van der Waals surface area contributed by atoms with E-state index in [1.165, 1.54) is 7.11 Å². The van der Waals surface area contributed by atoms with E-state index >= 15 is 0 Å². The second-order valence-electron chi connectivity index (χ2n) is 2.78. The maximum absolute atomic E-state index is 9.49. The van der Waals surface area contributed by atoms with E-state index in [1.54, 1.807) is 7.11 Å². The minimum Gasteiger partial charge on any atom is -0.384 e. The van der Waals surface area contributed by atoms with Gasteiger partial charge < -0.3 is 20.3 Å². The standard InChI is InChI=1S/C7H17NO3/c1-6(4-10-2)7(8,9)5-11-3/h6,9H,4-5,8H2,1-3H3. The predicted molar refractivity (Wildman–Crippen MR) is 42.1 cm³/mol. The van der Waals surface area contributed by atoms with E-state index in [2.05, 4.69) is 0 Å². The predicted octanol–water partition coefficient (Wildman–Crippen LogP) is -0.437. The number of aliphatic hydroxyl groups is 1. The van der Waals surface area contributed by atoms with Crippen LogP contribution in [0.15, 0.2) is 0 Å². The molecule has 68 valence electrons. The summed E-state index contributed by atoms with van der Waals surface area (Å²) in [6.45, 7) is 2.36. The Morgan fingerprint density at radius 3 is 2.36 bits per heavy atom. The molecule has 0 bridgehead atoms. The third-order valence-corrected chi connectivity index (χ3v) is 1.65. The molecule has 4 heteroatoms. The highest BCUT2D eigenvalue weighted by Gasteiger charge is 2.28. The molecule has 0 amide bonds. The molecule has 0 aromatic heterocycles. The largest absolute Gasteiger partial charge is 0.384 e. The quantitative estimate of drug-likeness (QED) is 0.539. The summed E-state index contributed by atoms with van der Waals surface area (Å²) in [5.41, 5.74) is 4.22. The van der Waals surface area contributed by atoms with Gasteiger partial charge in [0.05, 0.1) is 13.2 Å². The van der Waals surface area contributed by atoms with Gasteiger partial charge in [-0.3, -0.25) is 0 Å². The Balaban J connectivity index is 3.83. The van der Waals surface area contributed by atoms with Crippen LogP contribution in [0, 0.1) is 5.92 Å². The van der Waals surface area contributed by atoms with E-state index in [4.69, 9.17) is 15.2 Å². The average Bonchev–Trinajstić information content (AvgIpc) is 1.88. The van der Waals surface area contributed by atoms with Crippen LogP contribution in [0.3, 0.4) is 0 Å². The van der Waals surface area contributed by atoms with E-state index in [0.717, 1.165) is 0 Å². The van der Waals surface area contributed by atoms with Gasteiger partial charge in [-0.2, -0.15) is 0 Å². The molecule has 0 heterocycles. The van der Waals surface area contributed by atoms with Gasteiger partial charge in [0.15, 0.2) is 0 Å². The third-order valence-electron chi connectivity index (χ3n) is 1.65. The van der Waals surface area contributed by atoms with E-state index < -0.39 is 5.72 Å². The Hall–Kier alpha value is -0.160. The summed E-state index contributed by atoms with van der Waals surface area (Å²) in [6, 6.07) is 0. The van der Waals surface area contributed by atoms with Gasteiger partial charge in [-0.05, 0) is 0 Å². The van der Waals surface area contributed by atoms with Crippen molar-refractivity contribution in [2.45, 2.75) is 12.6 Å². The van der Waals surface area contributed by atoms with E-state index in [9.17, 15) is 5.11 Å². The van der Waals surface area contributed by atoms with Crippen molar-refractivity contribution in [3.8, 4) is 0 Å². The van der Waals surface area contributed by atoms with Crippen molar-refractivity contribution in [1.29, 1.82) is 0 Å². The lowest BCUT2D eigenvalue weighted by Crippen LogP contribution is -2.51. The van der Waals surface area contributed by atoms with Gasteiger partial charge in [-0.15, -0.1) is 0 Å². The van der Waals surface area contributed by atoms with E-state index in [-0.39, 0.29) is 12.5 Å². The summed E-state index contributed by atoms with van der Waals surface area (Å²) in [7, 11) is 3.07. The van der Waals surface area contributed by atoms with E-state index in [0.29, 0.717) is 6.61 Å². The van der Waals surface area contributed by atoms with Gasteiger partial charge in [0.25, 0.3) is 0 Å². The maximum atomic E-state index is 9.49. The lowest BCUT2D eigenvalue weighted by molar-refractivity contribution is -0.0818. The molecule has 11 heavy (non-hydrogen) atoms. The smallest absolute Gasteiger partial charge is 0.141 e. The highest BCUT2D eigenvalue weighted by molar-refractivity contribution is 4.76. The van der Waals surface area contributed by atoms with Gasteiger partial charge in [-0.25, -0.2) is 0 Å². The van der Waals surface area contributed by atoms with Crippen molar-refractivity contribution >= 4 is 0 Å². The molecule has 0 aromatic rings. The summed E-state index contributed by atoms with van der Waals surface area (Å²) >= 11 is 0. The minimum atomic E-state index is -1.29. The molecular formula is C7H17NO3. The average molecular weight is 163 g/mol. The van der Waals surface area contributed by atoms with Gasteiger partial charge in [0.1, 0.15) is 5.72 Å². The Labute approximate surface area is 67.3 Å². The van der Waals surface area contributed by atoms with Gasteiger partial charge >= 0.3 is 0 Å². The summed E-state index contributed by atoms with van der Waals surface area (Å²) < 4.78 is 9.58. The highest BCUT2D eigenvalue weighted by atomic mass is 16.5. The van der Waals surface area contributed by atoms with E-state index in [1.807, 2.05) is 6.92 Å². The molecule has 4 nitrogen and oxygen atoms in total. The first-order valence-electron chi connectivity index (χ1n) is 3.53. The molecule has 0 fully saturated rings. The Bertz CT molecular complexity index is 106. The van der Waals surface area contributed by atoms with Crippen molar-refractivity contribution in [3.05, 3.63) is 0 Å². The second kappa shape index (κ2) is 4.66. The van der Waals surface area contributed by atoms with Crippen molar-refractivity contribution in [2.75, 3.05) is 27.4 Å². The Morgan fingerprint density at radius 1 is 1.45 bits per heavy atom. The number of methoxy groups -OCH3 is 2. The van der Waals surface area contributed by atoms with Crippen LogP contribution in [-0.2, 0) is 9.47 Å². The van der Waals surface area contributed by atoms with Crippen molar-refractivity contribution in [3.63, 3.8) is 0 Å². The SMILES string of the molecule is COCC(C)C(N)(O)COC. The van der Waals surface area contributed by atoms with Crippen LogP contribution in [0.2, 0.25) is 0 Å². The first-order valence-corrected chi connectivity index (χ1v) is 3.53. The molecule has 0 saturated carbocycles. The number of nitrogens with two attached hydrogens (primary N) is 1. The molecule has 0 aromatic carbocycles. The zero-order chi connectivity index (χ0) is 8.91. The monoisotopic (exact) mass is 163 g/mol. The molecule has 0 aliphatic rings. The fourth-order valence-corrected chi connectivity index (χ4v) is 0.768. The first-order chi connectivity index (χ1) is 5.04. The molecule has 0 aliphatic carbocycles. The molecule has 0 radical (unpaired) electrons. The second-order valence-corrected chi connectivity index (χ2v) is 2.78. The molecule has 3 N–H and O–H groups in total. The lowest BCUT2D eigenvalue weighted by Gasteiger charge is -2.28. The van der Waals surface area contributed by atoms with Crippen molar-refractivity contribution < 1.29 is 14.6 Å². The zero-order valence-electron chi connectivity index (χ0n) is 7.33. The Morgan fingerprint density at radius 2 is 2.00 bits per heavy atom. The van der Waals surface area contributed by atoms with Crippen molar-refractivity contribution in [2.24, 2.45) is 11.7 Å². The molecule has 0 spiro atoms. The topological polar surface area (TPSA) is 64.7 Å². The van der Waals surface area contributed by atoms with Crippen molar-refractivity contribution in [1.82, 2.24) is 0 Å². The molecule has 0 aliphatic heterocycles. The number of hydrogen-bond acceptors (Lipinski definition) is 4. The first kappa shape index (κ1) is 10.8. The maximum Gasteiger partial charge on any atom is 0.141 e. The van der Waals surface area contributed by atoms with Crippen LogP contribution < -0.4 is 5.73 Å². The fraction of sp³-hybridized carbons (Fsp3) is 1.00. The minimum absolute atomic E-state index is 0.123. The molecule has 0 saturated heterocycles. The molecular weight excluding hydrogens is 146 g/mol. The fourth-order valence-electron chi connectivity index (χ4n) is 0.768. The van der Waals surface area contributed by atoms with Crippen LogP contribution in [0.1, 0.15) is 6.92 Å². The van der Waals surface area contributed by atoms with Crippen LogP contribution in [0.25, 0.3) is 0 Å². The lowest BCUT2D eigenvalue weighted by atomic mass is 10.0. The normalized spacial score (nSPS) is 19.4. The molecule has 2 unspecified atom stereocenters. The number of ether oxygens (including phenoxy) is 2. The van der Waals surface area contributed by atoms with Gasteiger partial charge in [-0.1, -0.05) is 6.92 Å². The van der Waals surface area contributed by atoms with Crippen LogP contribution >= 0.6 is 0 Å². The van der Waals surface area contributed by atoms with Gasteiger partial charge in [0, 0.05) is 20.1 Å². The summed E-state index contributed by atoms with van der Waals surface area (Å²) in [5.74, 6) is -0.132. The summed E-state index contributed by atoms with van der Waals surface area (Å²) in [4.78, 5) is 0. The Kier molecular flexibility index (Phi) is 4.60.